The van der Waals surface area contributed by atoms with Crippen LogP contribution in [0.2, 0.25) is 0 Å². The highest BCUT2D eigenvalue weighted by atomic mass is 16.5. The third-order valence-electron chi connectivity index (χ3n) is 3.77. The summed E-state index contributed by atoms with van der Waals surface area (Å²) in [5, 5.41) is 6.46. The number of ether oxygens (including phenoxy) is 1. The molecule has 0 radical (unpaired) electrons. The van der Waals surface area contributed by atoms with E-state index in [1.54, 1.807) is 24.4 Å². The van der Waals surface area contributed by atoms with Gasteiger partial charge in [-0.2, -0.15) is 0 Å². The summed E-state index contributed by atoms with van der Waals surface area (Å²) in [5.41, 5.74) is 2.52. The number of carbonyl (C=O) groups is 2. The number of benzene rings is 2. The van der Waals surface area contributed by atoms with Gasteiger partial charge in [-0.25, -0.2) is 0 Å². The second-order valence-electron chi connectivity index (χ2n) is 5.38. The molecule has 0 saturated heterocycles. The van der Waals surface area contributed by atoms with E-state index < -0.39 is 0 Å². The SMILES string of the molecule is O=C1COc2cc(C(=O)Nc3cccc4ncccc34)ccc2N1. The van der Waals surface area contributed by atoms with Crippen LogP contribution in [0.4, 0.5) is 11.4 Å². The average molecular weight is 319 g/mol. The zero-order valence-corrected chi connectivity index (χ0v) is 12.6. The fraction of sp³-hybridized carbons (Fsp3) is 0.0556. The number of pyridine rings is 1. The summed E-state index contributed by atoms with van der Waals surface area (Å²) >= 11 is 0. The normalized spacial score (nSPS) is 12.9. The number of anilines is 2. The molecule has 6 nitrogen and oxygen atoms in total. The van der Waals surface area contributed by atoms with E-state index in [0.717, 1.165) is 10.9 Å². The summed E-state index contributed by atoms with van der Waals surface area (Å²) < 4.78 is 5.34. The van der Waals surface area contributed by atoms with Gasteiger partial charge in [0.25, 0.3) is 11.8 Å². The first-order valence-corrected chi connectivity index (χ1v) is 7.42. The first-order valence-electron chi connectivity index (χ1n) is 7.42. The van der Waals surface area contributed by atoms with Gasteiger partial charge in [0.2, 0.25) is 0 Å². The lowest BCUT2D eigenvalue weighted by molar-refractivity contribution is -0.118. The Morgan fingerprint density at radius 3 is 3.00 bits per heavy atom. The van der Waals surface area contributed by atoms with Crippen LogP contribution in [0, 0.1) is 0 Å². The van der Waals surface area contributed by atoms with E-state index in [-0.39, 0.29) is 18.4 Å². The number of nitrogens with one attached hydrogen (secondary N) is 2. The van der Waals surface area contributed by atoms with Crippen molar-refractivity contribution >= 4 is 34.1 Å². The van der Waals surface area contributed by atoms with Crippen LogP contribution in [-0.2, 0) is 4.79 Å². The Labute approximate surface area is 137 Å². The summed E-state index contributed by atoms with van der Waals surface area (Å²) in [6.45, 7) is -0.0485. The van der Waals surface area contributed by atoms with Gasteiger partial charge in [-0.05, 0) is 42.5 Å². The van der Waals surface area contributed by atoms with Crippen molar-refractivity contribution < 1.29 is 14.3 Å². The summed E-state index contributed by atoms with van der Waals surface area (Å²) in [7, 11) is 0. The Kier molecular flexibility index (Phi) is 3.35. The Balaban J connectivity index is 1.63. The standard InChI is InChI=1S/C18H13N3O3/c22-17-10-24-16-9-11(6-7-15(16)20-17)18(23)21-14-5-1-4-13-12(14)3-2-8-19-13/h1-9H,10H2,(H,20,22)(H,21,23). The van der Waals surface area contributed by atoms with Gasteiger partial charge in [-0.3, -0.25) is 14.6 Å². The molecule has 0 spiro atoms. The molecule has 1 aromatic heterocycles. The van der Waals surface area contributed by atoms with E-state index in [9.17, 15) is 9.59 Å². The van der Waals surface area contributed by atoms with Crippen molar-refractivity contribution in [2.45, 2.75) is 0 Å². The third kappa shape index (κ3) is 2.54. The number of hydrogen-bond acceptors (Lipinski definition) is 4. The summed E-state index contributed by atoms with van der Waals surface area (Å²) in [6.07, 6.45) is 1.71. The van der Waals surface area contributed by atoms with E-state index in [2.05, 4.69) is 15.6 Å². The van der Waals surface area contributed by atoms with Crippen molar-refractivity contribution in [1.29, 1.82) is 0 Å². The molecule has 1 aliphatic rings. The van der Waals surface area contributed by atoms with Gasteiger partial charge >= 0.3 is 0 Å². The molecule has 0 fully saturated rings. The minimum Gasteiger partial charge on any atom is -0.482 e. The molecule has 2 N–H and O–H groups in total. The van der Waals surface area contributed by atoms with Crippen LogP contribution in [-0.4, -0.2) is 23.4 Å². The zero-order valence-electron chi connectivity index (χ0n) is 12.6. The van der Waals surface area contributed by atoms with E-state index >= 15 is 0 Å². The zero-order chi connectivity index (χ0) is 16.5. The lowest BCUT2D eigenvalue weighted by atomic mass is 10.1. The largest absolute Gasteiger partial charge is 0.482 e. The third-order valence-corrected chi connectivity index (χ3v) is 3.77. The molecule has 0 saturated carbocycles. The van der Waals surface area contributed by atoms with E-state index in [1.165, 1.54) is 0 Å². The monoisotopic (exact) mass is 319 g/mol. The molecule has 24 heavy (non-hydrogen) atoms. The summed E-state index contributed by atoms with van der Waals surface area (Å²) in [5.74, 6) is 0.0273. The molecule has 2 amide bonds. The van der Waals surface area contributed by atoms with Crippen molar-refractivity contribution in [3.8, 4) is 5.75 Å². The van der Waals surface area contributed by atoms with Crippen LogP contribution in [0.3, 0.4) is 0 Å². The van der Waals surface area contributed by atoms with Crippen molar-refractivity contribution in [3.63, 3.8) is 0 Å². The van der Waals surface area contributed by atoms with Crippen LogP contribution in [0.1, 0.15) is 10.4 Å². The Bertz CT molecular complexity index is 963. The van der Waals surface area contributed by atoms with Crippen LogP contribution in [0.25, 0.3) is 10.9 Å². The average Bonchev–Trinajstić information content (AvgIpc) is 2.61. The van der Waals surface area contributed by atoms with Gasteiger partial charge in [0, 0.05) is 17.1 Å². The summed E-state index contributed by atoms with van der Waals surface area (Å²) in [4.78, 5) is 28.1. The van der Waals surface area contributed by atoms with Gasteiger partial charge in [0.15, 0.2) is 6.61 Å². The molecule has 6 heteroatoms. The molecular formula is C18H13N3O3. The van der Waals surface area contributed by atoms with Crippen molar-refractivity contribution in [3.05, 3.63) is 60.3 Å². The fourth-order valence-electron chi connectivity index (χ4n) is 2.62. The minimum atomic E-state index is -0.255. The van der Waals surface area contributed by atoms with E-state index in [1.807, 2.05) is 30.3 Å². The highest BCUT2D eigenvalue weighted by Gasteiger charge is 2.18. The minimum absolute atomic E-state index is 0.0485. The molecule has 2 aromatic carbocycles. The lowest BCUT2D eigenvalue weighted by Gasteiger charge is -2.18. The lowest BCUT2D eigenvalue weighted by Crippen LogP contribution is -2.25. The second kappa shape index (κ2) is 5.66. The van der Waals surface area contributed by atoms with Gasteiger partial charge in [0.05, 0.1) is 16.9 Å². The Morgan fingerprint density at radius 2 is 2.08 bits per heavy atom. The van der Waals surface area contributed by atoms with E-state index in [0.29, 0.717) is 22.7 Å². The first-order chi connectivity index (χ1) is 11.7. The van der Waals surface area contributed by atoms with Crippen LogP contribution >= 0.6 is 0 Å². The molecule has 2 heterocycles. The second-order valence-corrected chi connectivity index (χ2v) is 5.38. The van der Waals surface area contributed by atoms with E-state index in [4.69, 9.17) is 4.74 Å². The highest BCUT2D eigenvalue weighted by molar-refractivity contribution is 6.09. The molecule has 118 valence electrons. The maximum absolute atomic E-state index is 12.5. The number of aromatic nitrogens is 1. The number of carbonyl (C=O) groups excluding carboxylic acids is 2. The smallest absolute Gasteiger partial charge is 0.262 e. The van der Waals surface area contributed by atoms with Gasteiger partial charge < -0.3 is 15.4 Å². The first kappa shape index (κ1) is 14.2. The maximum Gasteiger partial charge on any atom is 0.262 e. The predicted octanol–water partition coefficient (Wildman–Crippen LogP) is 2.82. The Hall–Kier alpha value is -3.41. The number of amides is 2. The van der Waals surface area contributed by atoms with Gasteiger partial charge in [-0.1, -0.05) is 6.07 Å². The fourth-order valence-corrected chi connectivity index (χ4v) is 2.62. The number of hydrogen-bond donors (Lipinski definition) is 2. The van der Waals surface area contributed by atoms with Crippen molar-refractivity contribution in [1.82, 2.24) is 4.98 Å². The number of fused-ring (bicyclic) bond motifs is 2. The molecule has 0 aliphatic carbocycles. The molecule has 4 rings (SSSR count). The summed E-state index contributed by atoms with van der Waals surface area (Å²) in [6, 6.07) is 14.2. The van der Waals surface area contributed by atoms with Crippen molar-refractivity contribution in [2.24, 2.45) is 0 Å². The molecule has 0 unspecified atom stereocenters. The molecule has 0 bridgehead atoms. The maximum atomic E-state index is 12.5. The molecular weight excluding hydrogens is 306 g/mol. The molecule has 3 aromatic rings. The van der Waals surface area contributed by atoms with Gasteiger partial charge in [0.1, 0.15) is 5.75 Å². The molecule has 0 atom stereocenters. The molecule has 1 aliphatic heterocycles. The quantitative estimate of drug-likeness (QED) is 0.761. The topological polar surface area (TPSA) is 80.3 Å². The van der Waals surface area contributed by atoms with Crippen LogP contribution in [0.5, 0.6) is 5.75 Å². The predicted molar refractivity (Wildman–Crippen MR) is 90.3 cm³/mol. The van der Waals surface area contributed by atoms with Crippen LogP contribution in [0.15, 0.2) is 54.7 Å². The highest BCUT2D eigenvalue weighted by Crippen LogP contribution is 2.29. The number of rotatable bonds is 2. The van der Waals surface area contributed by atoms with Gasteiger partial charge in [-0.15, -0.1) is 0 Å². The Morgan fingerprint density at radius 1 is 1.17 bits per heavy atom. The number of nitrogens with zero attached hydrogens (tertiary/aromatic N) is 1. The van der Waals surface area contributed by atoms with Crippen LogP contribution < -0.4 is 15.4 Å². The van der Waals surface area contributed by atoms with Crippen molar-refractivity contribution in [2.75, 3.05) is 17.2 Å².